The molecule has 22 heavy (non-hydrogen) atoms. The molecule has 2 aliphatic rings. The number of rotatable bonds is 3. The van der Waals surface area contributed by atoms with Crippen LogP contribution >= 0.6 is 0 Å². The van der Waals surface area contributed by atoms with Crippen LogP contribution in [0.5, 0.6) is 11.5 Å². The van der Waals surface area contributed by atoms with Crippen molar-refractivity contribution in [3.05, 3.63) is 23.3 Å². The minimum absolute atomic E-state index is 0.199. The van der Waals surface area contributed by atoms with E-state index in [1.165, 1.54) is 5.56 Å². The number of benzene rings is 1. The molecule has 3 nitrogen and oxygen atoms in total. The van der Waals surface area contributed by atoms with E-state index in [1.807, 2.05) is 6.07 Å². The Balaban J connectivity index is 2.23. The van der Waals surface area contributed by atoms with Crippen molar-refractivity contribution in [3.63, 3.8) is 0 Å². The number of carbonyl (C=O) groups is 1. The van der Waals surface area contributed by atoms with Crippen LogP contribution in [0, 0.1) is 11.8 Å². The highest BCUT2D eigenvalue weighted by Crippen LogP contribution is 2.57. The average molecular weight is 302 g/mol. The minimum atomic E-state index is -0.199. The fourth-order valence-electron chi connectivity index (χ4n) is 5.11. The quantitative estimate of drug-likeness (QED) is 0.918. The fraction of sp³-hybridized carbons (Fsp3) is 0.632. The van der Waals surface area contributed by atoms with Crippen molar-refractivity contribution in [2.24, 2.45) is 11.8 Å². The van der Waals surface area contributed by atoms with Crippen molar-refractivity contribution in [3.8, 4) is 11.5 Å². The molecule has 1 aromatic rings. The number of ketones is 1. The predicted octanol–water partition coefficient (Wildman–Crippen LogP) is 4.00. The van der Waals surface area contributed by atoms with Gasteiger partial charge in [0.15, 0.2) is 11.5 Å². The first-order chi connectivity index (χ1) is 10.5. The van der Waals surface area contributed by atoms with Crippen LogP contribution in [-0.2, 0) is 16.6 Å². The van der Waals surface area contributed by atoms with Crippen molar-refractivity contribution >= 4 is 5.78 Å². The van der Waals surface area contributed by atoms with E-state index in [0.717, 1.165) is 31.2 Å². The van der Waals surface area contributed by atoms with Crippen LogP contribution in [0.4, 0.5) is 0 Å². The lowest BCUT2D eigenvalue weighted by Crippen LogP contribution is -2.48. The number of phenols is 1. The first-order valence-electron chi connectivity index (χ1n) is 8.44. The van der Waals surface area contributed by atoms with Crippen LogP contribution < -0.4 is 4.74 Å². The third kappa shape index (κ3) is 2.13. The Hall–Kier alpha value is -1.51. The number of methoxy groups -OCH3 is 1. The van der Waals surface area contributed by atoms with Gasteiger partial charge in [-0.05, 0) is 42.7 Å². The molecule has 0 spiro atoms. The Bertz CT molecular complexity index is 593. The zero-order valence-corrected chi connectivity index (χ0v) is 13.8. The van der Waals surface area contributed by atoms with E-state index < -0.39 is 0 Å². The predicted molar refractivity (Wildman–Crippen MR) is 86.5 cm³/mol. The molecule has 120 valence electrons. The lowest BCUT2D eigenvalue weighted by Gasteiger charge is -2.51. The van der Waals surface area contributed by atoms with E-state index in [4.69, 9.17) is 4.74 Å². The second-order valence-corrected chi connectivity index (χ2v) is 7.10. The molecule has 3 unspecified atom stereocenters. The summed E-state index contributed by atoms with van der Waals surface area (Å²) >= 11 is 0. The van der Waals surface area contributed by atoms with Crippen molar-refractivity contribution in [2.75, 3.05) is 7.11 Å². The number of ether oxygens (including phenoxy) is 1. The molecular formula is C19H26O3. The lowest BCUT2D eigenvalue weighted by atomic mass is 9.52. The summed E-state index contributed by atoms with van der Waals surface area (Å²) in [5.41, 5.74) is 2.01. The highest BCUT2D eigenvalue weighted by Gasteiger charge is 2.51. The molecule has 3 rings (SSSR count). The molecule has 0 heterocycles. The van der Waals surface area contributed by atoms with Crippen molar-refractivity contribution in [1.82, 2.24) is 0 Å². The summed E-state index contributed by atoms with van der Waals surface area (Å²) < 4.78 is 5.33. The van der Waals surface area contributed by atoms with Crippen LogP contribution in [0.25, 0.3) is 0 Å². The van der Waals surface area contributed by atoms with Crippen molar-refractivity contribution in [1.29, 1.82) is 0 Å². The van der Waals surface area contributed by atoms with Gasteiger partial charge in [-0.25, -0.2) is 0 Å². The fourth-order valence-corrected chi connectivity index (χ4v) is 5.11. The largest absolute Gasteiger partial charge is 0.504 e. The second kappa shape index (κ2) is 5.60. The van der Waals surface area contributed by atoms with Crippen LogP contribution in [0.1, 0.15) is 57.1 Å². The van der Waals surface area contributed by atoms with Crippen molar-refractivity contribution < 1.29 is 14.6 Å². The van der Waals surface area contributed by atoms with Gasteiger partial charge in [-0.1, -0.05) is 26.3 Å². The van der Waals surface area contributed by atoms with Gasteiger partial charge in [-0.15, -0.1) is 0 Å². The molecule has 1 N–H and O–H groups in total. The second-order valence-electron chi connectivity index (χ2n) is 7.10. The normalized spacial score (nSPS) is 30.6. The van der Waals surface area contributed by atoms with Gasteiger partial charge >= 0.3 is 0 Å². The molecule has 0 saturated heterocycles. The summed E-state index contributed by atoms with van der Waals surface area (Å²) in [6, 6.07) is 3.93. The van der Waals surface area contributed by atoms with E-state index in [1.54, 1.807) is 7.11 Å². The molecule has 1 fully saturated rings. The Labute approximate surface area is 132 Å². The monoisotopic (exact) mass is 302 g/mol. The topological polar surface area (TPSA) is 46.5 Å². The molecule has 2 aliphatic carbocycles. The van der Waals surface area contributed by atoms with Gasteiger partial charge in [0.1, 0.15) is 5.78 Å². The Morgan fingerprint density at radius 3 is 2.86 bits per heavy atom. The van der Waals surface area contributed by atoms with E-state index in [0.29, 0.717) is 36.2 Å². The van der Waals surface area contributed by atoms with Gasteiger partial charge in [0.05, 0.1) is 7.11 Å². The maximum absolute atomic E-state index is 12.3. The van der Waals surface area contributed by atoms with Crippen LogP contribution in [-0.4, -0.2) is 18.0 Å². The molecule has 3 heteroatoms. The SMILES string of the molecule is CCCC12CC(=O)CCC1C(C)Cc1ccc(OC)c(O)c12. The number of phenolic OH excluding ortho intramolecular Hbond substituents is 1. The zero-order valence-electron chi connectivity index (χ0n) is 13.8. The highest BCUT2D eigenvalue weighted by molar-refractivity contribution is 5.82. The first kappa shape index (κ1) is 15.4. The third-order valence-electron chi connectivity index (χ3n) is 5.83. The molecule has 0 bridgehead atoms. The van der Waals surface area contributed by atoms with Crippen LogP contribution in [0.3, 0.4) is 0 Å². The lowest BCUT2D eigenvalue weighted by molar-refractivity contribution is -0.124. The van der Waals surface area contributed by atoms with Crippen LogP contribution in [0.2, 0.25) is 0 Å². The summed E-state index contributed by atoms with van der Waals surface area (Å²) in [5.74, 6) is 2.17. The number of Topliss-reactive ketones (excluding diaryl/α,β-unsaturated/α-hetero) is 1. The number of fused-ring (bicyclic) bond motifs is 3. The number of carbonyl (C=O) groups excluding carboxylic acids is 1. The summed E-state index contributed by atoms with van der Waals surface area (Å²) in [6.07, 6.45) is 5.19. The summed E-state index contributed by atoms with van der Waals surface area (Å²) in [6.45, 7) is 4.47. The average Bonchev–Trinajstić information content (AvgIpc) is 2.47. The number of aromatic hydroxyl groups is 1. The van der Waals surface area contributed by atoms with E-state index in [2.05, 4.69) is 19.9 Å². The molecular weight excluding hydrogens is 276 g/mol. The molecule has 1 saturated carbocycles. The van der Waals surface area contributed by atoms with Gasteiger partial charge in [-0.2, -0.15) is 0 Å². The van der Waals surface area contributed by atoms with Crippen LogP contribution in [0.15, 0.2) is 12.1 Å². The van der Waals surface area contributed by atoms with Gasteiger partial charge in [-0.3, -0.25) is 4.79 Å². The Kier molecular flexibility index (Phi) is 3.92. The van der Waals surface area contributed by atoms with Gasteiger partial charge in [0.2, 0.25) is 0 Å². The summed E-state index contributed by atoms with van der Waals surface area (Å²) in [7, 11) is 1.59. The summed E-state index contributed by atoms with van der Waals surface area (Å²) in [4.78, 5) is 12.3. The standard InChI is InChI=1S/C19H26O3/c1-4-9-19-11-14(20)6-7-15(19)12(2)10-13-5-8-16(22-3)18(21)17(13)19/h5,8,12,15,21H,4,6-7,9-11H2,1-3H3. The van der Waals surface area contributed by atoms with Gasteiger partial charge in [0.25, 0.3) is 0 Å². The third-order valence-corrected chi connectivity index (χ3v) is 5.83. The Morgan fingerprint density at radius 2 is 2.18 bits per heavy atom. The smallest absolute Gasteiger partial charge is 0.161 e. The van der Waals surface area contributed by atoms with Gasteiger partial charge < -0.3 is 9.84 Å². The molecule has 0 aliphatic heterocycles. The molecule has 0 amide bonds. The Morgan fingerprint density at radius 1 is 1.41 bits per heavy atom. The maximum Gasteiger partial charge on any atom is 0.161 e. The number of hydrogen-bond donors (Lipinski definition) is 1. The maximum atomic E-state index is 12.3. The minimum Gasteiger partial charge on any atom is -0.504 e. The summed E-state index contributed by atoms with van der Waals surface area (Å²) in [5, 5.41) is 10.8. The molecule has 1 aromatic carbocycles. The van der Waals surface area contributed by atoms with E-state index >= 15 is 0 Å². The van der Waals surface area contributed by atoms with Crippen molar-refractivity contribution in [2.45, 2.75) is 57.8 Å². The van der Waals surface area contributed by atoms with E-state index in [9.17, 15) is 9.90 Å². The van der Waals surface area contributed by atoms with Gasteiger partial charge in [0, 0.05) is 23.8 Å². The molecule has 0 aromatic heterocycles. The van der Waals surface area contributed by atoms with E-state index in [-0.39, 0.29) is 11.2 Å². The number of hydrogen-bond acceptors (Lipinski definition) is 3. The highest BCUT2D eigenvalue weighted by atomic mass is 16.5. The zero-order chi connectivity index (χ0) is 15.9. The first-order valence-corrected chi connectivity index (χ1v) is 8.44. The molecule has 0 radical (unpaired) electrons. The molecule has 3 atom stereocenters.